The van der Waals surface area contributed by atoms with Gasteiger partial charge >= 0.3 is 0 Å². The van der Waals surface area contributed by atoms with Gasteiger partial charge < -0.3 is 14.6 Å². The fourth-order valence-electron chi connectivity index (χ4n) is 2.34. The van der Waals surface area contributed by atoms with Crippen LogP contribution in [0.5, 0.6) is 11.5 Å². The molecule has 0 bridgehead atoms. The summed E-state index contributed by atoms with van der Waals surface area (Å²) in [4.78, 5) is 0. The van der Waals surface area contributed by atoms with Gasteiger partial charge in [0.05, 0.1) is 0 Å². The monoisotopic (exact) mass is 352 g/mol. The third-order valence-corrected chi connectivity index (χ3v) is 4.16. The molecule has 3 rings (SSSR count). The molecule has 1 aliphatic rings. The summed E-state index contributed by atoms with van der Waals surface area (Å²) in [5.74, 6) is 0.784. The van der Waals surface area contributed by atoms with Gasteiger partial charge in [0.15, 0.2) is 11.5 Å². The average molecular weight is 353 g/mol. The van der Waals surface area contributed by atoms with Crippen molar-refractivity contribution in [3.8, 4) is 11.5 Å². The smallest absolute Gasteiger partial charge is 0.162 e. The third kappa shape index (κ3) is 2.63. The Morgan fingerprint density at radius 1 is 1.14 bits per heavy atom. The van der Waals surface area contributed by atoms with Crippen molar-refractivity contribution in [1.82, 2.24) is 0 Å². The number of aryl methyl sites for hydroxylation is 1. The average Bonchev–Trinajstić information content (AvgIpc) is 2.48. The van der Waals surface area contributed by atoms with Crippen LogP contribution in [0.1, 0.15) is 22.8 Å². The summed E-state index contributed by atoms with van der Waals surface area (Å²) in [6.07, 6.45) is -1.07. The first-order chi connectivity index (χ1) is 10.1. The second kappa shape index (κ2) is 5.66. The van der Waals surface area contributed by atoms with E-state index in [0.717, 1.165) is 0 Å². The van der Waals surface area contributed by atoms with Gasteiger partial charge in [-0.3, -0.25) is 0 Å². The van der Waals surface area contributed by atoms with E-state index in [9.17, 15) is 9.50 Å². The molecule has 21 heavy (non-hydrogen) atoms. The van der Waals surface area contributed by atoms with Gasteiger partial charge in [-0.25, -0.2) is 4.39 Å². The van der Waals surface area contributed by atoms with Crippen LogP contribution in [-0.4, -0.2) is 18.3 Å². The Labute approximate surface area is 130 Å². The van der Waals surface area contributed by atoms with E-state index in [1.54, 1.807) is 37.3 Å². The number of rotatable bonds is 2. The Bertz CT molecular complexity index is 687. The number of fused-ring (bicyclic) bond motifs is 1. The number of halogens is 2. The van der Waals surface area contributed by atoms with Crippen LogP contribution in [0, 0.1) is 12.7 Å². The quantitative estimate of drug-likeness (QED) is 0.894. The van der Waals surface area contributed by atoms with Gasteiger partial charge in [-0.15, -0.1) is 0 Å². The van der Waals surface area contributed by atoms with Gasteiger partial charge in [0, 0.05) is 15.6 Å². The number of ether oxygens (including phenoxy) is 2. The molecule has 1 heterocycles. The predicted octanol–water partition coefficient (Wildman–Crippen LogP) is 3.75. The van der Waals surface area contributed by atoms with Gasteiger partial charge in [0.25, 0.3) is 0 Å². The molecule has 1 aliphatic heterocycles. The summed E-state index contributed by atoms with van der Waals surface area (Å²) in [6, 6.07) is 8.40. The largest absolute Gasteiger partial charge is 0.486 e. The minimum Gasteiger partial charge on any atom is -0.486 e. The molecule has 2 aromatic rings. The Morgan fingerprint density at radius 3 is 2.52 bits per heavy atom. The number of hydrogen-bond acceptors (Lipinski definition) is 3. The highest BCUT2D eigenvalue weighted by Gasteiger charge is 2.22. The normalized spacial score (nSPS) is 14.9. The zero-order valence-electron chi connectivity index (χ0n) is 11.4. The maximum atomic E-state index is 14.2. The topological polar surface area (TPSA) is 38.7 Å². The van der Waals surface area contributed by atoms with Crippen molar-refractivity contribution in [2.24, 2.45) is 0 Å². The Morgan fingerprint density at radius 2 is 1.81 bits per heavy atom. The fraction of sp³-hybridized carbons (Fsp3) is 0.250. The van der Waals surface area contributed by atoms with Gasteiger partial charge in [-0.1, -0.05) is 34.1 Å². The van der Waals surface area contributed by atoms with Crippen LogP contribution < -0.4 is 9.47 Å². The van der Waals surface area contributed by atoms with Crippen LogP contribution in [0.3, 0.4) is 0 Å². The number of benzene rings is 2. The van der Waals surface area contributed by atoms with Crippen molar-refractivity contribution in [3.05, 3.63) is 57.3 Å². The molecular weight excluding hydrogens is 339 g/mol. The lowest BCUT2D eigenvalue weighted by Crippen LogP contribution is -2.16. The van der Waals surface area contributed by atoms with Crippen molar-refractivity contribution < 1.29 is 19.0 Å². The minimum atomic E-state index is -1.07. The van der Waals surface area contributed by atoms with Gasteiger partial charge in [-0.05, 0) is 24.6 Å². The van der Waals surface area contributed by atoms with Gasteiger partial charge in [-0.2, -0.15) is 0 Å². The van der Waals surface area contributed by atoms with E-state index in [0.29, 0.717) is 40.3 Å². The van der Waals surface area contributed by atoms with Crippen LogP contribution in [0.2, 0.25) is 0 Å². The van der Waals surface area contributed by atoms with Crippen LogP contribution in [0.4, 0.5) is 4.39 Å². The predicted molar refractivity (Wildman–Crippen MR) is 80.3 cm³/mol. The summed E-state index contributed by atoms with van der Waals surface area (Å²) < 4.78 is 25.8. The Balaban J connectivity index is 2.05. The molecule has 0 radical (unpaired) electrons. The van der Waals surface area contributed by atoms with E-state index in [4.69, 9.17) is 9.47 Å². The maximum Gasteiger partial charge on any atom is 0.162 e. The zero-order chi connectivity index (χ0) is 15.0. The highest BCUT2D eigenvalue weighted by Crippen LogP contribution is 2.39. The molecule has 5 heteroatoms. The first-order valence-electron chi connectivity index (χ1n) is 6.60. The van der Waals surface area contributed by atoms with E-state index in [1.165, 1.54) is 0 Å². The van der Waals surface area contributed by atoms with Crippen molar-refractivity contribution in [2.75, 3.05) is 13.2 Å². The summed E-state index contributed by atoms with van der Waals surface area (Å²) in [6.45, 7) is 2.63. The van der Waals surface area contributed by atoms with Gasteiger partial charge in [0.1, 0.15) is 25.1 Å². The molecule has 0 fully saturated rings. The molecule has 1 N–H and O–H groups in total. The lowest BCUT2D eigenvalue weighted by molar-refractivity contribution is 0.169. The molecule has 2 aromatic carbocycles. The lowest BCUT2D eigenvalue weighted by atomic mass is 9.99. The van der Waals surface area contributed by atoms with Gasteiger partial charge in [0.2, 0.25) is 0 Å². The molecule has 1 atom stereocenters. The van der Waals surface area contributed by atoms with Crippen LogP contribution in [0.25, 0.3) is 0 Å². The Hall–Kier alpha value is -1.59. The van der Waals surface area contributed by atoms with E-state index in [-0.39, 0.29) is 5.56 Å². The van der Waals surface area contributed by atoms with E-state index >= 15 is 0 Å². The Kier molecular flexibility index (Phi) is 3.87. The second-order valence-corrected chi connectivity index (χ2v) is 5.75. The minimum absolute atomic E-state index is 0.243. The molecule has 0 aromatic heterocycles. The van der Waals surface area contributed by atoms with Crippen LogP contribution in [0.15, 0.2) is 34.8 Å². The molecule has 0 saturated heterocycles. The summed E-state index contributed by atoms with van der Waals surface area (Å²) in [5, 5.41) is 10.5. The first-order valence-corrected chi connectivity index (χ1v) is 7.39. The second-order valence-electron chi connectivity index (χ2n) is 4.90. The van der Waals surface area contributed by atoms with Crippen molar-refractivity contribution in [1.29, 1.82) is 0 Å². The SMILES string of the molecule is Cc1cccc(C(O)c2cc3c(cc2Br)OCCO3)c1F. The van der Waals surface area contributed by atoms with Crippen molar-refractivity contribution >= 4 is 15.9 Å². The van der Waals surface area contributed by atoms with E-state index < -0.39 is 11.9 Å². The lowest BCUT2D eigenvalue weighted by Gasteiger charge is -2.22. The molecule has 1 unspecified atom stereocenters. The molecule has 110 valence electrons. The van der Waals surface area contributed by atoms with Crippen LogP contribution in [-0.2, 0) is 0 Å². The van der Waals surface area contributed by atoms with E-state index in [2.05, 4.69) is 15.9 Å². The summed E-state index contributed by atoms with van der Waals surface area (Å²) >= 11 is 3.40. The molecule has 0 aliphatic carbocycles. The molecule has 0 spiro atoms. The molecule has 0 amide bonds. The standard InChI is InChI=1S/C16H14BrFO3/c1-9-3-2-4-10(15(9)18)16(19)11-7-13-14(8-12(11)17)21-6-5-20-13/h2-4,7-8,16,19H,5-6H2,1H3. The van der Waals surface area contributed by atoms with E-state index in [1.807, 2.05) is 0 Å². The van der Waals surface area contributed by atoms with Crippen molar-refractivity contribution in [3.63, 3.8) is 0 Å². The van der Waals surface area contributed by atoms with Crippen molar-refractivity contribution in [2.45, 2.75) is 13.0 Å². The highest BCUT2D eigenvalue weighted by atomic mass is 79.9. The molecule has 3 nitrogen and oxygen atoms in total. The maximum absolute atomic E-state index is 14.2. The number of aliphatic hydroxyl groups is 1. The highest BCUT2D eigenvalue weighted by molar-refractivity contribution is 9.10. The zero-order valence-corrected chi connectivity index (χ0v) is 13.0. The molecule has 0 saturated carbocycles. The fourth-order valence-corrected chi connectivity index (χ4v) is 2.88. The first kappa shape index (κ1) is 14.4. The third-order valence-electron chi connectivity index (χ3n) is 3.47. The summed E-state index contributed by atoms with van der Waals surface area (Å²) in [5.41, 5.74) is 1.29. The number of hydrogen-bond donors (Lipinski definition) is 1. The molecular formula is C16H14BrFO3. The summed E-state index contributed by atoms with van der Waals surface area (Å²) in [7, 11) is 0. The van der Waals surface area contributed by atoms with Crippen LogP contribution >= 0.6 is 15.9 Å². The number of aliphatic hydroxyl groups excluding tert-OH is 1.